The normalized spacial score (nSPS) is 13.6. The number of nitrogens with zero attached hydrogens (tertiary/aromatic N) is 1. The SMILES string of the molecule is COc1cc(-c2nc3c(c(=O)[nH]2)CSCC3)ccc1B(O)O. The first-order chi connectivity index (χ1) is 10.6. The summed E-state index contributed by atoms with van der Waals surface area (Å²) >= 11 is 1.73. The summed E-state index contributed by atoms with van der Waals surface area (Å²) in [6.07, 6.45) is 0.779. The second kappa shape index (κ2) is 6.16. The second-order valence-electron chi connectivity index (χ2n) is 4.97. The molecule has 0 unspecified atom stereocenters. The minimum atomic E-state index is -1.61. The zero-order valence-electron chi connectivity index (χ0n) is 12.0. The lowest BCUT2D eigenvalue weighted by molar-refractivity contribution is 0.403. The lowest BCUT2D eigenvalue weighted by Crippen LogP contribution is -2.31. The van der Waals surface area contributed by atoms with Crippen LogP contribution in [0.2, 0.25) is 0 Å². The van der Waals surface area contributed by atoms with Gasteiger partial charge in [-0.1, -0.05) is 12.1 Å². The van der Waals surface area contributed by atoms with Crippen molar-refractivity contribution >= 4 is 24.3 Å². The second-order valence-corrected chi connectivity index (χ2v) is 6.08. The highest BCUT2D eigenvalue weighted by Crippen LogP contribution is 2.24. The number of hydrogen-bond donors (Lipinski definition) is 3. The first-order valence-corrected chi connectivity index (χ1v) is 8.00. The minimum absolute atomic E-state index is 0.113. The van der Waals surface area contributed by atoms with Crippen LogP contribution in [0, 0.1) is 0 Å². The summed E-state index contributed by atoms with van der Waals surface area (Å²) < 4.78 is 5.17. The van der Waals surface area contributed by atoms with E-state index in [-0.39, 0.29) is 11.0 Å². The number of methoxy groups -OCH3 is 1. The molecule has 1 aromatic heterocycles. The molecule has 0 aliphatic carbocycles. The molecule has 6 nitrogen and oxygen atoms in total. The Kier molecular flexibility index (Phi) is 4.24. The molecule has 2 aromatic rings. The van der Waals surface area contributed by atoms with Gasteiger partial charge in [-0.3, -0.25) is 4.79 Å². The Labute approximate surface area is 131 Å². The largest absolute Gasteiger partial charge is 0.497 e. The summed E-state index contributed by atoms with van der Waals surface area (Å²) in [5.41, 5.74) is 2.40. The fourth-order valence-electron chi connectivity index (χ4n) is 2.45. The van der Waals surface area contributed by atoms with Crippen LogP contribution in [-0.2, 0) is 12.2 Å². The number of benzene rings is 1. The molecule has 0 saturated carbocycles. The lowest BCUT2D eigenvalue weighted by atomic mass is 9.79. The van der Waals surface area contributed by atoms with Crippen LogP contribution in [0.5, 0.6) is 5.75 Å². The van der Waals surface area contributed by atoms with Gasteiger partial charge in [0.2, 0.25) is 0 Å². The molecular weight excluding hydrogens is 303 g/mol. The predicted octanol–water partition coefficient (Wildman–Crippen LogP) is -0.0854. The van der Waals surface area contributed by atoms with Gasteiger partial charge in [0.15, 0.2) is 0 Å². The van der Waals surface area contributed by atoms with Gasteiger partial charge in [0, 0.05) is 22.3 Å². The Morgan fingerprint density at radius 2 is 2.23 bits per heavy atom. The van der Waals surface area contributed by atoms with Gasteiger partial charge in [-0.15, -0.1) is 0 Å². The van der Waals surface area contributed by atoms with E-state index in [0.29, 0.717) is 22.9 Å². The van der Waals surface area contributed by atoms with E-state index in [1.807, 2.05) is 0 Å². The molecule has 0 saturated heterocycles. The summed E-state index contributed by atoms with van der Waals surface area (Å²) in [5, 5.41) is 18.6. The Balaban J connectivity index is 2.08. The molecule has 1 aliphatic rings. The zero-order chi connectivity index (χ0) is 15.7. The number of hydrogen-bond acceptors (Lipinski definition) is 6. The van der Waals surface area contributed by atoms with Crippen LogP contribution in [-0.4, -0.2) is 40.0 Å². The van der Waals surface area contributed by atoms with Gasteiger partial charge in [0.1, 0.15) is 11.6 Å². The molecule has 2 heterocycles. The standard InChI is InChI=1S/C14H15BN2O4S/c1-21-12-6-8(2-3-10(12)15(19)20)13-16-11-4-5-22-7-9(11)14(18)17-13/h2-3,6,19-20H,4-5,7H2,1H3,(H,16,17,18). The summed E-state index contributed by atoms with van der Waals surface area (Å²) in [5.74, 6) is 2.45. The van der Waals surface area contributed by atoms with Gasteiger partial charge < -0.3 is 19.8 Å². The van der Waals surface area contributed by atoms with Crippen molar-refractivity contribution in [3.05, 3.63) is 39.8 Å². The van der Waals surface area contributed by atoms with E-state index < -0.39 is 7.12 Å². The van der Waals surface area contributed by atoms with Gasteiger partial charge in [-0.25, -0.2) is 4.98 Å². The van der Waals surface area contributed by atoms with Crippen LogP contribution in [0.15, 0.2) is 23.0 Å². The van der Waals surface area contributed by atoms with E-state index in [4.69, 9.17) is 4.74 Å². The number of thioether (sulfide) groups is 1. The first kappa shape index (κ1) is 15.1. The van der Waals surface area contributed by atoms with Gasteiger partial charge >= 0.3 is 7.12 Å². The first-order valence-electron chi connectivity index (χ1n) is 6.84. The third-order valence-corrected chi connectivity index (χ3v) is 4.60. The number of fused-ring (bicyclic) bond motifs is 1. The van der Waals surface area contributed by atoms with Crippen LogP contribution in [0.25, 0.3) is 11.4 Å². The maximum absolute atomic E-state index is 12.2. The zero-order valence-corrected chi connectivity index (χ0v) is 12.8. The fourth-order valence-corrected chi connectivity index (χ4v) is 3.44. The van der Waals surface area contributed by atoms with Crippen molar-refractivity contribution in [3.8, 4) is 17.1 Å². The Morgan fingerprint density at radius 3 is 2.95 bits per heavy atom. The van der Waals surface area contributed by atoms with Crippen molar-refractivity contribution in [2.45, 2.75) is 12.2 Å². The van der Waals surface area contributed by atoms with Crippen molar-refractivity contribution in [2.75, 3.05) is 12.9 Å². The number of H-pyrrole nitrogens is 1. The average Bonchev–Trinajstić information content (AvgIpc) is 2.54. The number of aromatic nitrogens is 2. The molecule has 0 bridgehead atoms. The molecule has 0 spiro atoms. The molecule has 8 heteroatoms. The third kappa shape index (κ3) is 2.77. The summed E-state index contributed by atoms with van der Waals surface area (Å²) in [6, 6.07) is 4.87. The highest BCUT2D eigenvalue weighted by molar-refractivity contribution is 7.98. The molecule has 1 aromatic carbocycles. The molecule has 0 fully saturated rings. The van der Waals surface area contributed by atoms with E-state index in [9.17, 15) is 14.8 Å². The van der Waals surface area contributed by atoms with Crippen LogP contribution < -0.4 is 15.8 Å². The van der Waals surface area contributed by atoms with E-state index in [1.165, 1.54) is 7.11 Å². The predicted molar refractivity (Wildman–Crippen MR) is 86.5 cm³/mol. The van der Waals surface area contributed by atoms with E-state index in [2.05, 4.69) is 9.97 Å². The third-order valence-electron chi connectivity index (χ3n) is 3.62. The van der Waals surface area contributed by atoms with Crippen molar-refractivity contribution in [1.29, 1.82) is 0 Å². The van der Waals surface area contributed by atoms with Gasteiger partial charge in [0.05, 0.1) is 12.8 Å². The molecule has 114 valence electrons. The van der Waals surface area contributed by atoms with Gasteiger partial charge in [-0.2, -0.15) is 11.8 Å². The van der Waals surface area contributed by atoms with Crippen molar-refractivity contribution in [3.63, 3.8) is 0 Å². The Morgan fingerprint density at radius 1 is 1.41 bits per heavy atom. The van der Waals surface area contributed by atoms with Crippen LogP contribution in [0.1, 0.15) is 11.3 Å². The molecule has 0 radical (unpaired) electrons. The van der Waals surface area contributed by atoms with Crippen molar-refractivity contribution < 1.29 is 14.8 Å². The molecular formula is C14H15BN2O4S. The average molecular weight is 318 g/mol. The smallest absolute Gasteiger partial charge is 0.492 e. The molecule has 3 N–H and O–H groups in total. The maximum atomic E-state index is 12.2. The quantitative estimate of drug-likeness (QED) is 0.685. The Hall–Kier alpha value is -1.77. The number of rotatable bonds is 3. The number of aryl methyl sites for hydroxylation is 1. The number of ether oxygens (including phenoxy) is 1. The number of aromatic amines is 1. The monoisotopic (exact) mass is 318 g/mol. The van der Waals surface area contributed by atoms with E-state index in [0.717, 1.165) is 23.4 Å². The maximum Gasteiger partial charge on any atom is 0.492 e. The van der Waals surface area contributed by atoms with Gasteiger partial charge in [0.25, 0.3) is 5.56 Å². The fraction of sp³-hybridized carbons (Fsp3) is 0.286. The molecule has 0 atom stereocenters. The highest BCUT2D eigenvalue weighted by atomic mass is 32.2. The topological polar surface area (TPSA) is 95.4 Å². The summed E-state index contributed by atoms with van der Waals surface area (Å²) in [6.45, 7) is 0. The molecule has 1 aliphatic heterocycles. The molecule has 3 rings (SSSR count). The van der Waals surface area contributed by atoms with Gasteiger partial charge in [-0.05, 0) is 18.2 Å². The van der Waals surface area contributed by atoms with E-state index >= 15 is 0 Å². The molecule has 0 amide bonds. The summed E-state index contributed by atoms with van der Waals surface area (Å²) in [7, 11) is -0.165. The van der Waals surface area contributed by atoms with Crippen LogP contribution in [0.3, 0.4) is 0 Å². The minimum Gasteiger partial charge on any atom is -0.497 e. The van der Waals surface area contributed by atoms with Crippen LogP contribution >= 0.6 is 11.8 Å². The molecule has 22 heavy (non-hydrogen) atoms. The summed E-state index contributed by atoms with van der Waals surface area (Å²) in [4.78, 5) is 19.5. The van der Waals surface area contributed by atoms with Crippen LogP contribution in [0.4, 0.5) is 0 Å². The highest BCUT2D eigenvalue weighted by Gasteiger charge is 2.20. The lowest BCUT2D eigenvalue weighted by Gasteiger charge is -2.15. The Bertz CT molecular complexity index is 763. The van der Waals surface area contributed by atoms with Crippen molar-refractivity contribution in [2.24, 2.45) is 0 Å². The van der Waals surface area contributed by atoms with Crippen molar-refractivity contribution in [1.82, 2.24) is 9.97 Å². The number of nitrogens with one attached hydrogen (secondary N) is 1. The van der Waals surface area contributed by atoms with E-state index in [1.54, 1.807) is 30.0 Å².